The molecule has 0 amide bonds. The van der Waals surface area contributed by atoms with Crippen molar-refractivity contribution in [3.63, 3.8) is 0 Å². The molecule has 2 aromatic rings. The lowest BCUT2D eigenvalue weighted by molar-refractivity contribution is 0.390. The van der Waals surface area contributed by atoms with Crippen LogP contribution in [-0.4, -0.2) is 41.8 Å². The number of aliphatic imine (C=N–C) groups is 1. The van der Waals surface area contributed by atoms with Crippen molar-refractivity contribution in [2.75, 3.05) is 20.6 Å². The van der Waals surface area contributed by atoms with Crippen LogP contribution in [0.15, 0.2) is 26.4 Å². The first-order valence-electron chi connectivity index (χ1n) is 6.84. The van der Waals surface area contributed by atoms with Crippen molar-refractivity contribution in [2.24, 2.45) is 4.99 Å². The zero-order valence-corrected chi connectivity index (χ0v) is 12.9. The van der Waals surface area contributed by atoms with Crippen LogP contribution in [0.5, 0.6) is 0 Å². The van der Waals surface area contributed by atoms with Crippen molar-refractivity contribution < 1.29 is 9.05 Å². The molecule has 2 aromatic heterocycles. The predicted molar refractivity (Wildman–Crippen MR) is 79.0 cm³/mol. The monoisotopic (exact) mass is 291 g/mol. The summed E-state index contributed by atoms with van der Waals surface area (Å²) in [6.45, 7) is 5.29. The van der Waals surface area contributed by atoms with Crippen LogP contribution in [0.3, 0.4) is 0 Å². The first-order chi connectivity index (χ1) is 10.1. The molecular formula is C14H21N5O2. The number of rotatable bonds is 5. The Bertz CT molecular complexity index is 569. The van der Waals surface area contributed by atoms with Gasteiger partial charge in [-0.25, -0.2) is 0 Å². The average Bonchev–Trinajstić information content (AvgIpc) is 3.07. The lowest BCUT2D eigenvalue weighted by Gasteiger charge is -2.20. The summed E-state index contributed by atoms with van der Waals surface area (Å²) in [5.74, 6) is 1.69. The first kappa shape index (κ1) is 15.1. The maximum Gasteiger partial charge on any atom is 0.193 e. The predicted octanol–water partition coefficient (Wildman–Crippen LogP) is 1.53. The Morgan fingerprint density at radius 1 is 1.38 bits per heavy atom. The number of hydrogen-bond donors (Lipinski definition) is 1. The molecule has 0 unspecified atom stereocenters. The van der Waals surface area contributed by atoms with Crippen molar-refractivity contribution in [2.45, 2.75) is 26.8 Å². The molecule has 7 nitrogen and oxygen atoms in total. The molecule has 0 aliphatic rings. The number of hydrogen-bond acceptors (Lipinski definition) is 5. The average molecular weight is 291 g/mol. The van der Waals surface area contributed by atoms with Gasteiger partial charge >= 0.3 is 0 Å². The molecule has 0 aromatic carbocycles. The number of nitrogens with zero attached hydrogens (tertiary/aromatic N) is 4. The molecule has 21 heavy (non-hydrogen) atoms. The third-order valence-electron chi connectivity index (χ3n) is 3.30. The van der Waals surface area contributed by atoms with Crippen LogP contribution >= 0.6 is 0 Å². The SMILES string of the molecule is CN=C(NCCc1c(C)noc1C)N(C)Cc1ccon1. The minimum Gasteiger partial charge on any atom is -0.364 e. The second-order valence-corrected chi connectivity index (χ2v) is 4.87. The molecule has 7 heteroatoms. The van der Waals surface area contributed by atoms with Gasteiger partial charge in [-0.05, 0) is 20.3 Å². The van der Waals surface area contributed by atoms with E-state index in [9.17, 15) is 0 Å². The van der Waals surface area contributed by atoms with Crippen LogP contribution in [0, 0.1) is 13.8 Å². The zero-order chi connectivity index (χ0) is 15.2. The van der Waals surface area contributed by atoms with E-state index in [4.69, 9.17) is 9.05 Å². The Balaban J connectivity index is 1.85. The molecule has 0 radical (unpaired) electrons. The van der Waals surface area contributed by atoms with E-state index < -0.39 is 0 Å². The van der Waals surface area contributed by atoms with Gasteiger partial charge in [0.2, 0.25) is 0 Å². The van der Waals surface area contributed by atoms with Gasteiger partial charge in [0.25, 0.3) is 0 Å². The first-order valence-corrected chi connectivity index (χ1v) is 6.84. The minimum atomic E-state index is 0.640. The summed E-state index contributed by atoms with van der Waals surface area (Å²) < 4.78 is 9.99. The molecule has 0 bridgehead atoms. The van der Waals surface area contributed by atoms with Gasteiger partial charge in [0.05, 0.1) is 12.2 Å². The zero-order valence-electron chi connectivity index (χ0n) is 12.9. The molecule has 1 N–H and O–H groups in total. The van der Waals surface area contributed by atoms with E-state index in [1.54, 1.807) is 13.3 Å². The van der Waals surface area contributed by atoms with E-state index in [0.29, 0.717) is 6.54 Å². The van der Waals surface area contributed by atoms with Crippen molar-refractivity contribution in [3.8, 4) is 0 Å². The Hall–Kier alpha value is -2.31. The summed E-state index contributed by atoms with van der Waals surface area (Å²) >= 11 is 0. The summed E-state index contributed by atoms with van der Waals surface area (Å²) in [5.41, 5.74) is 2.96. The van der Waals surface area contributed by atoms with E-state index in [0.717, 1.165) is 41.6 Å². The fourth-order valence-corrected chi connectivity index (χ4v) is 2.18. The van der Waals surface area contributed by atoms with E-state index >= 15 is 0 Å². The van der Waals surface area contributed by atoms with Gasteiger partial charge in [-0.15, -0.1) is 0 Å². The van der Waals surface area contributed by atoms with Gasteiger partial charge in [0, 0.05) is 32.3 Å². The molecule has 0 spiro atoms. The number of nitrogens with one attached hydrogen (secondary N) is 1. The van der Waals surface area contributed by atoms with E-state index in [-0.39, 0.29) is 0 Å². The molecule has 114 valence electrons. The van der Waals surface area contributed by atoms with Gasteiger partial charge in [-0.2, -0.15) is 0 Å². The smallest absolute Gasteiger partial charge is 0.193 e. The normalized spacial score (nSPS) is 11.7. The Morgan fingerprint density at radius 2 is 2.19 bits per heavy atom. The van der Waals surface area contributed by atoms with E-state index in [1.165, 1.54) is 0 Å². The quantitative estimate of drug-likeness (QED) is 0.665. The highest BCUT2D eigenvalue weighted by atomic mass is 16.5. The summed E-state index contributed by atoms with van der Waals surface area (Å²) in [5, 5.41) is 11.2. The number of aryl methyl sites for hydroxylation is 2. The minimum absolute atomic E-state index is 0.640. The van der Waals surface area contributed by atoms with Gasteiger partial charge in [0.1, 0.15) is 17.7 Å². The lowest BCUT2D eigenvalue weighted by Crippen LogP contribution is -2.39. The highest BCUT2D eigenvalue weighted by molar-refractivity contribution is 5.79. The van der Waals surface area contributed by atoms with Crippen LogP contribution in [0.1, 0.15) is 22.7 Å². The van der Waals surface area contributed by atoms with Crippen LogP contribution in [-0.2, 0) is 13.0 Å². The van der Waals surface area contributed by atoms with Gasteiger partial charge in [0.15, 0.2) is 5.96 Å². The standard InChI is InChI=1S/C14H21N5O2/c1-10-13(11(2)21-17-10)5-7-16-14(15-3)19(4)9-12-6-8-20-18-12/h6,8H,5,7,9H2,1-4H3,(H,15,16). The molecule has 0 saturated heterocycles. The molecule has 0 fully saturated rings. The fourth-order valence-electron chi connectivity index (χ4n) is 2.18. The molecular weight excluding hydrogens is 270 g/mol. The Kier molecular flexibility index (Phi) is 4.97. The summed E-state index contributed by atoms with van der Waals surface area (Å²) in [6, 6.07) is 1.84. The Morgan fingerprint density at radius 3 is 2.76 bits per heavy atom. The van der Waals surface area contributed by atoms with Crippen LogP contribution in [0.4, 0.5) is 0 Å². The van der Waals surface area contributed by atoms with Crippen molar-refractivity contribution >= 4 is 5.96 Å². The third-order valence-corrected chi connectivity index (χ3v) is 3.30. The van der Waals surface area contributed by atoms with Gasteiger partial charge in [-0.1, -0.05) is 10.3 Å². The number of guanidine groups is 1. The van der Waals surface area contributed by atoms with Crippen molar-refractivity contribution in [1.82, 2.24) is 20.5 Å². The maximum absolute atomic E-state index is 5.16. The van der Waals surface area contributed by atoms with Gasteiger partial charge in [-0.3, -0.25) is 4.99 Å². The summed E-state index contributed by atoms with van der Waals surface area (Å²) in [4.78, 5) is 6.26. The van der Waals surface area contributed by atoms with Crippen LogP contribution in [0.25, 0.3) is 0 Å². The topological polar surface area (TPSA) is 79.7 Å². The molecule has 0 saturated carbocycles. The van der Waals surface area contributed by atoms with Gasteiger partial charge < -0.3 is 19.3 Å². The van der Waals surface area contributed by atoms with E-state index in [2.05, 4.69) is 20.6 Å². The molecule has 2 heterocycles. The maximum atomic E-state index is 5.16. The molecule has 0 aliphatic heterocycles. The molecule has 2 rings (SSSR count). The second-order valence-electron chi connectivity index (χ2n) is 4.87. The number of aromatic nitrogens is 2. The van der Waals surface area contributed by atoms with Crippen molar-refractivity contribution in [1.29, 1.82) is 0 Å². The molecule has 0 aliphatic carbocycles. The second kappa shape index (κ2) is 6.92. The fraction of sp³-hybridized carbons (Fsp3) is 0.500. The summed E-state index contributed by atoms with van der Waals surface area (Å²) in [6.07, 6.45) is 2.41. The Labute approximate surface area is 124 Å². The third kappa shape index (κ3) is 3.84. The van der Waals surface area contributed by atoms with Crippen LogP contribution in [0.2, 0.25) is 0 Å². The van der Waals surface area contributed by atoms with Crippen molar-refractivity contribution in [3.05, 3.63) is 35.0 Å². The molecule has 0 atom stereocenters. The highest BCUT2D eigenvalue weighted by Crippen LogP contribution is 2.12. The van der Waals surface area contributed by atoms with Crippen LogP contribution < -0.4 is 5.32 Å². The highest BCUT2D eigenvalue weighted by Gasteiger charge is 2.11. The van der Waals surface area contributed by atoms with E-state index in [1.807, 2.05) is 31.9 Å². The summed E-state index contributed by atoms with van der Waals surface area (Å²) in [7, 11) is 3.72. The largest absolute Gasteiger partial charge is 0.364 e. The lowest BCUT2D eigenvalue weighted by atomic mass is 10.1.